The molecule has 0 fully saturated rings. The minimum absolute atomic E-state index is 0.738. The van der Waals surface area contributed by atoms with E-state index in [1.165, 1.54) is 0 Å². The van der Waals surface area contributed by atoms with Crippen molar-refractivity contribution in [3.8, 4) is 11.8 Å². The van der Waals surface area contributed by atoms with Crippen LogP contribution in [0.4, 0.5) is 0 Å². The molecule has 0 aliphatic carbocycles. The predicted molar refractivity (Wildman–Crippen MR) is 48.6 cm³/mol. The van der Waals surface area contributed by atoms with Gasteiger partial charge in [0.25, 0.3) is 0 Å². The van der Waals surface area contributed by atoms with Gasteiger partial charge in [-0.2, -0.15) is 5.10 Å². The maximum atomic E-state index is 4.01. The summed E-state index contributed by atoms with van der Waals surface area (Å²) in [5, 5.41) is 7.14. The third kappa shape index (κ3) is 2.40. The van der Waals surface area contributed by atoms with Crippen molar-refractivity contribution < 1.29 is 0 Å². The molecule has 1 rings (SSSR count). The first kappa shape index (κ1) is 8.82. The van der Waals surface area contributed by atoms with Gasteiger partial charge in [0.2, 0.25) is 0 Å². The first-order valence-electron chi connectivity index (χ1n) is 4.02. The zero-order valence-corrected chi connectivity index (χ0v) is 7.46. The Morgan fingerprint density at radius 1 is 1.67 bits per heavy atom. The molecule has 1 aromatic heterocycles. The van der Waals surface area contributed by atoms with Gasteiger partial charge in [-0.25, -0.2) is 0 Å². The number of hydrogen-bond acceptors (Lipinski definition) is 2. The topological polar surface area (TPSA) is 29.9 Å². The SMILES string of the molecule is CCNCC#Cc1ccnn1C. The third-order valence-corrected chi connectivity index (χ3v) is 1.50. The van der Waals surface area contributed by atoms with Gasteiger partial charge in [-0.3, -0.25) is 4.68 Å². The first-order valence-corrected chi connectivity index (χ1v) is 4.02. The molecule has 12 heavy (non-hydrogen) atoms. The summed E-state index contributed by atoms with van der Waals surface area (Å²) in [7, 11) is 1.89. The Bertz CT molecular complexity index is 290. The van der Waals surface area contributed by atoms with E-state index in [9.17, 15) is 0 Å². The fourth-order valence-electron chi connectivity index (χ4n) is 0.819. The molecule has 0 radical (unpaired) electrons. The summed E-state index contributed by atoms with van der Waals surface area (Å²) in [6.07, 6.45) is 1.75. The lowest BCUT2D eigenvalue weighted by Gasteiger charge is -1.91. The van der Waals surface area contributed by atoms with E-state index in [0.29, 0.717) is 0 Å². The standard InChI is InChI=1S/C9H13N3/c1-3-10-7-4-5-9-6-8-11-12(9)2/h6,8,10H,3,7H2,1-2H3. The average molecular weight is 163 g/mol. The summed E-state index contributed by atoms with van der Waals surface area (Å²) < 4.78 is 1.76. The molecule has 1 heterocycles. The number of aromatic nitrogens is 2. The molecule has 0 aliphatic rings. The second-order valence-corrected chi connectivity index (χ2v) is 2.42. The maximum absolute atomic E-state index is 4.01. The van der Waals surface area contributed by atoms with Gasteiger partial charge in [0, 0.05) is 7.05 Å². The summed E-state index contributed by atoms with van der Waals surface area (Å²) in [6, 6.07) is 1.90. The second kappa shape index (κ2) is 4.58. The highest BCUT2D eigenvalue weighted by molar-refractivity contribution is 5.26. The van der Waals surface area contributed by atoms with Gasteiger partial charge in [-0.05, 0) is 18.5 Å². The van der Waals surface area contributed by atoms with Crippen molar-refractivity contribution in [3.05, 3.63) is 18.0 Å². The summed E-state index contributed by atoms with van der Waals surface area (Å²) >= 11 is 0. The fraction of sp³-hybridized carbons (Fsp3) is 0.444. The number of hydrogen-bond donors (Lipinski definition) is 1. The van der Waals surface area contributed by atoms with Gasteiger partial charge in [-0.1, -0.05) is 12.8 Å². The van der Waals surface area contributed by atoms with Crippen molar-refractivity contribution >= 4 is 0 Å². The highest BCUT2D eigenvalue weighted by Gasteiger charge is 1.89. The number of aryl methyl sites for hydroxylation is 1. The normalized spacial score (nSPS) is 9.17. The summed E-state index contributed by atoms with van der Waals surface area (Å²) in [5.74, 6) is 6.02. The van der Waals surface area contributed by atoms with E-state index in [4.69, 9.17) is 0 Å². The molecule has 3 nitrogen and oxygen atoms in total. The van der Waals surface area contributed by atoms with E-state index in [1.54, 1.807) is 10.9 Å². The molecule has 0 amide bonds. The lowest BCUT2D eigenvalue weighted by molar-refractivity contribution is 0.757. The maximum Gasteiger partial charge on any atom is 0.110 e. The molecule has 1 aromatic rings. The van der Waals surface area contributed by atoms with Gasteiger partial charge in [-0.15, -0.1) is 0 Å². The van der Waals surface area contributed by atoms with E-state index in [0.717, 1.165) is 18.8 Å². The van der Waals surface area contributed by atoms with E-state index < -0.39 is 0 Å². The molecule has 0 aliphatic heterocycles. The van der Waals surface area contributed by atoms with Crippen molar-refractivity contribution in [3.63, 3.8) is 0 Å². The monoisotopic (exact) mass is 163 g/mol. The van der Waals surface area contributed by atoms with E-state index in [1.807, 2.05) is 13.1 Å². The van der Waals surface area contributed by atoms with Crippen LogP contribution in [0.25, 0.3) is 0 Å². The van der Waals surface area contributed by atoms with Crippen LogP contribution in [0.1, 0.15) is 12.6 Å². The molecule has 0 saturated heterocycles. The minimum Gasteiger partial charge on any atom is -0.306 e. The third-order valence-electron chi connectivity index (χ3n) is 1.50. The molecular weight excluding hydrogens is 150 g/mol. The van der Waals surface area contributed by atoms with Crippen LogP contribution in [0.15, 0.2) is 12.3 Å². The van der Waals surface area contributed by atoms with Crippen molar-refractivity contribution in [1.29, 1.82) is 0 Å². The van der Waals surface area contributed by atoms with Crippen molar-refractivity contribution in [1.82, 2.24) is 15.1 Å². The molecule has 64 valence electrons. The highest BCUT2D eigenvalue weighted by Crippen LogP contribution is 1.91. The first-order chi connectivity index (χ1) is 5.84. The quantitative estimate of drug-likeness (QED) is 0.504. The van der Waals surface area contributed by atoms with Crippen LogP contribution < -0.4 is 5.32 Å². The Morgan fingerprint density at radius 2 is 2.50 bits per heavy atom. The average Bonchev–Trinajstić information content (AvgIpc) is 2.46. The van der Waals surface area contributed by atoms with Crippen molar-refractivity contribution in [2.75, 3.05) is 13.1 Å². The summed E-state index contributed by atoms with van der Waals surface area (Å²) in [5.41, 5.74) is 0.952. The van der Waals surface area contributed by atoms with Crippen molar-refractivity contribution in [2.24, 2.45) is 7.05 Å². The molecule has 0 spiro atoms. The van der Waals surface area contributed by atoms with Gasteiger partial charge in [0.05, 0.1) is 12.7 Å². The predicted octanol–water partition coefficient (Wildman–Crippen LogP) is 0.381. The largest absolute Gasteiger partial charge is 0.306 e. The molecule has 0 atom stereocenters. The number of nitrogens with one attached hydrogen (secondary N) is 1. The molecular formula is C9H13N3. The van der Waals surface area contributed by atoms with Gasteiger partial charge in [0.15, 0.2) is 0 Å². The molecule has 0 aromatic carbocycles. The van der Waals surface area contributed by atoms with Crippen LogP contribution in [0.5, 0.6) is 0 Å². The Balaban J connectivity index is 2.49. The van der Waals surface area contributed by atoms with E-state index in [-0.39, 0.29) is 0 Å². The zero-order valence-electron chi connectivity index (χ0n) is 7.46. The molecule has 0 saturated carbocycles. The summed E-state index contributed by atoms with van der Waals surface area (Å²) in [6.45, 7) is 3.76. The smallest absolute Gasteiger partial charge is 0.110 e. The van der Waals surface area contributed by atoms with E-state index >= 15 is 0 Å². The lowest BCUT2D eigenvalue weighted by atomic mass is 10.4. The van der Waals surface area contributed by atoms with Crippen LogP contribution in [-0.2, 0) is 7.05 Å². The molecule has 1 N–H and O–H groups in total. The Morgan fingerprint density at radius 3 is 3.08 bits per heavy atom. The molecule has 0 unspecified atom stereocenters. The fourth-order valence-corrected chi connectivity index (χ4v) is 0.819. The Hall–Kier alpha value is -1.27. The van der Waals surface area contributed by atoms with Gasteiger partial charge in [0.1, 0.15) is 5.69 Å². The summed E-state index contributed by atoms with van der Waals surface area (Å²) in [4.78, 5) is 0. The Kier molecular flexibility index (Phi) is 3.36. The van der Waals surface area contributed by atoms with Crippen LogP contribution in [0, 0.1) is 11.8 Å². The molecule has 3 heteroatoms. The number of nitrogens with zero attached hydrogens (tertiary/aromatic N) is 2. The van der Waals surface area contributed by atoms with Crippen LogP contribution in [0.2, 0.25) is 0 Å². The minimum atomic E-state index is 0.738. The molecule has 0 bridgehead atoms. The second-order valence-electron chi connectivity index (χ2n) is 2.42. The van der Waals surface area contributed by atoms with Crippen LogP contribution in [-0.4, -0.2) is 22.9 Å². The number of rotatable bonds is 2. The van der Waals surface area contributed by atoms with Crippen molar-refractivity contribution in [2.45, 2.75) is 6.92 Å². The lowest BCUT2D eigenvalue weighted by Crippen LogP contribution is -2.12. The van der Waals surface area contributed by atoms with Gasteiger partial charge < -0.3 is 5.32 Å². The highest BCUT2D eigenvalue weighted by atomic mass is 15.2. The van der Waals surface area contributed by atoms with Crippen LogP contribution >= 0.6 is 0 Å². The zero-order chi connectivity index (χ0) is 8.81. The van der Waals surface area contributed by atoms with E-state index in [2.05, 4.69) is 29.2 Å². The Labute approximate surface area is 72.8 Å². The van der Waals surface area contributed by atoms with Gasteiger partial charge >= 0.3 is 0 Å². The van der Waals surface area contributed by atoms with Crippen LogP contribution in [0.3, 0.4) is 0 Å².